The third-order valence-electron chi connectivity index (χ3n) is 2.82. The number of aliphatic carboxylic acids is 1. The molecule has 0 bridgehead atoms. The van der Waals surface area contributed by atoms with Crippen LogP contribution in [0.2, 0.25) is 0 Å². The summed E-state index contributed by atoms with van der Waals surface area (Å²) in [6.45, 7) is 0. The second-order valence-electron chi connectivity index (χ2n) is 4.26. The molecule has 7 heteroatoms. The number of aromatic nitrogens is 3. The third-order valence-corrected chi connectivity index (χ3v) is 4.41. The first kappa shape index (κ1) is 14.3. The second-order valence-corrected chi connectivity index (χ2v) is 6.44. The van der Waals surface area contributed by atoms with E-state index in [0.29, 0.717) is 5.16 Å². The van der Waals surface area contributed by atoms with Crippen LogP contribution in [-0.4, -0.2) is 31.4 Å². The quantitative estimate of drug-likeness (QED) is 0.528. The van der Waals surface area contributed by atoms with E-state index in [9.17, 15) is 4.79 Å². The molecule has 0 atom stereocenters. The fraction of sp³-hybridized carbons (Fsp3) is 0.0714. The Bertz CT molecular complexity index is 819. The van der Waals surface area contributed by atoms with Gasteiger partial charge in [-0.15, -0.1) is 0 Å². The van der Waals surface area contributed by atoms with E-state index < -0.39 is 5.97 Å². The van der Waals surface area contributed by atoms with Crippen LogP contribution in [0.5, 0.6) is 0 Å². The third kappa shape index (κ3) is 3.03. The highest BCUT2D eigenvalue weighted by molar-refractivity contribution is 14.1. The number of imidazole rings is 1. The van der Waals surface area contributed by atoms with Gasteiger partial charge in [0.25, 0.3) is 0 Å². The zero-order chi connectivity index (χ0) is 14.8. The van der Waals surface area contributed by atoms with Crippen LogP contribution in [0.4, 0.5) is 0 Å². The zero-order valence-electron chi connectivity index (χ0n) is 10.7. The maximum Gasteiger partial charge on any atom is 0.313 e. The molecule has 2 heterocycles. The molecule has 1 N–H and O–H groups in total. The minimum Gasteiger partial charge on any atom is -0.481 e. The van der Waals surface area contributed by atoms with Crippen LogP contribution in [0.1, 0.15) is 0 Å². The lowest BCUT2D eigenvalue weighted by Gasteiger charge is -2.08. The molecule has 0 amide bonds. The van der Waals surface area contributed by atoms with Crippen molar-refractivity contribution in [1.82, 2.24) is 14.5 Å². The number of carbonyl (C=O) groups is 1. The van der Waals surface area contributed by atoms with Gasteiger partial charge in [-0.1, -0.05) is 17.8 Å². The SMILES string of the molecule is O=C(O)CSc1nc2cnccc2n1-c1cccc(I)c1. The summed E-state index contributed by atoms with van der Waals surface area (Å²) in [6.07, 6.45) is 3.39. The second kappa shape index (κ2) is 6.02. The lowest BCUT2D eigenvalue weighted by molar-refractivity contribution is -0.133. The summed E-state index contributed by atoms with van der Waals surface area (Å²) in [6, 6.07) is 9.87. The van der Waals surface area contributed by atoms with E-state index in [1.54, 1.807) is 12.4 Å². The number of hydrogen-bond acceptors (Lipinski definition) is 4. The minimum absolute atomic E-state index is 0.0271. The smallest absolute Gasteiger partial charge is 0.313 e. The van der Waals surface area contributed by atoms with E-state index in [0.717, 1.165) is 20.3 Å². The molecular weight excluding hydrogens is 401 g/mol. The van der Waals surface area contributed by atoms with Gasteiger partial charge in [0, 0.05) is 15.5 Å². The van der Waals surface area contributed by atoms with Gasteiger partial charge >= 0.3 is 5.97 Å². The van der Waals surface area contributed by atoms with Crippen molar-refractivity contribution in [2.24, 2.45) is 0 Å². The van der Waals surface area contributed by atoms with Gasteiger partial charge in [-0.05, 0) is 46.9 Å². The predicted molar refractivity (Wildman–Crippen MR) is 89.9 cm³/mol. The van der Waals surface area contributed by atoms with Gasteiger partial charge in [0.2, 0.25) is 0 Å². The van der Waals surface area contributed by atoms with E-state index in [4.69, 9.17) is 5.11 Å². The Hall–Kier alpha value is -1.61. The summed E-state index contributed by atoms with van der Waals surface area (Å²) in [5, 5.41) is 9.54. The highest BCUT2D eigenvalue weighted by Crippen LogP contribution is 2.28. The molecule has 2 aromatic heterocycles. The van der Waals surface area contributed by atoms with Gasteiger partial charge in [-0.3, -0.25) is 14.3 Å². The van der Waals surface area contributed by atoms with Crippen molar-refractivity contribution in [3.63, 3.8) is 0 Å². The van der Waals surface area contributed by atoms with Crippen molar-refractivity contribution in [3.05, 3.63) is 46.3 Å². The number of carboxylic acid groups (broad SMARTS) is 1. The number of pyridine rings is 1. The van der Waals surface area contributed by atoms with Gasteiger partial charge in [0.15, 0.2) is 5.16 Å². The van der Waals surface area contributed by atoms with E-state index in [1.807, 2.05) is 34.9 Å². The lowest BCUT2D eigenvalue weighted by atomic mass is 10.3. The summed E-state index contributed by atoms with van der Waals surface area (Å²) in [7, 11) is 0. The van der Waals surface area contributed by atoms with E-state index >= 15 is 0 Å². The average molecular weight is 411 g/mol. The molecule has 0 radical (unpaired) electrons. The highest BCUT2D eigenvalue weighted by atomic mass is 127. The Morgan fingerprint density at radius 3 is 3.00 bits per heavy atom. The topological polar surface area (TPSA) is 68.0 Å². The minimum atomic E-state index is -0.862. The number of halogens is 1. The number of fused-ring (bicyclic) bond motifs is 1. The number of hydrogen-bond donors (Lipinski definition) is 1. The summed E-state index contributed by atoms with van der Waals surface area (Å²) in [5.74, 6) is -0.889. The molecule has 0 fully saturated rings. The maximum atomic E-state index is 10.8. The van der Waals surface area contributed by atoms with Gasteiger partial charge in [-0.2, -0.15) is 0 Å². The van der Waals surface area contributed by atoms with Crippen molar-refractivity contribution in [1.29, 1.82) is 0 Å². The van der Waals surface area contributed by atoms with Crippen molar-refractivity contribution in [2.75, 3.05) is 5.75 Å². The molecule has 0 saturated carbocycles. The van der Waals surface area contributed by atoms with Crippen LogP contribution >= 0.6 is 34.4 Å². The molecule has 0 saturated heterocycles. The molecule has 0 spiro atoms. The molecule has 0 aliphatic carbocycles. The molecule has 0 aliphatic rings. The predicted octanol–water partition coefficient (Wildman–Crippen LogP) is 3.20. The Morgan fingerprint density at radius 2 is 2.24 bits per heavy atom. The lowest BCUT2D eigenvalue weighted by Crippen LogP contribution is -2.02. The molecule has 106 valence electrons. The van der Waals surface area contributed by atoms with Crippen molar-refractivity contribution in [2.45, 2.75) is 5.16 Å². The Kier molecular flexibility index (Phi) is 4.11. The number of rotatable bonds is 4. The first-order chi connectivity index (χ1) is 10.1. The van der Waals surface area contributed by atoms with Gasteiger partial charge < -0.3 is 5.11 Å². The first-order valence-electron chi connectivity index (χ1n) is 6.08. The molecule has 5 nitrogen and oxygen atoms in total. The normalized spacial score (nSPS) is 10.9. The van der Waals surface area contributed by atoms with Crippen molar-refractivity contribution >= 4 is 51.4 Å². The summed E-state index contributed by atoms with van der Waals surface area (Å²) < 4.78 is 3.07. The molecule has 21 heavy (non-hydrogen) atoms. The van der Waals surface area contributed by atoms with Crippen LogP contribution in [-0.2, 0) is 4.79 Å². The van der Waals surface area contributed by atoms with E-state index in [-0.39, 0.29) is 5.75 Å². The highest BCUT2D eigenvalue weighted by Gasteiger charge is 2.14. The average Bonchev–Trinajstić information content (AvgIpc) is 2.83. The van der Waals surface area contributed by atoms with Gasteiger partial charge in [-0.25, -0.2) is 4.98 Å². The van der Waals surface area contributed by atoms with Crippen LogP contribution in [0, 0.1) is 3.57 Å². The molecule has 1 aromatic carbocycles. The Labute approximate surface area is 138 Å². The molecule has 3 aromatic rings. The van der Waals surface area contributed by atoms with E-state index in [2.05, 4.69) is 32.6 Å². The fourth-order valence-corrected chi connectivity index (χ4v) is 3.27. The molecule has 3 rings (SSSR count). The number of benzene rings is 1. The van der Waals surface area contributed by atoms with Crippen molar-refractivity contribution in [3.8, 4) is 5.69 Å². The van der Waals surface area contributed by atoms with Gasteiger partial charge in [0.05, 0.1) is 17.5 Å². The van der Waals surface area contributed by atoms with Crippen LogP contribution in [0.15, 0.2) is 47.9 Å². The van der Waals surface area contributed by atoms with Crippen molar-refractivity contribution < 1.29 is 9.90 Å². The fourth-order valence-electron chi connectivity index (χ4n) is 2.00. The van der Waals surface area contributed by atoms with Crippen LogP contribution < -0.4 is 0 Å². The number of nitrogens with zero attached hydrogens (tertiary/aromatic N) is 3. The van der Waals surface area contributed by atoms with Crippen LogP contribution in [0.3, 0.4) is 0 Å². The monoisotopic (exact) mass is 411 g/mol. The summed E-state index contributed by atoms with van der Waals surface area (Å²) in [5.41, 5.74) is 2.63. The largest absolute Gasteiger partial charge is 0.481 e. The van der Waals surface area contributed by atoms with E-state index in [1.165, 1.54) is 11.8 Å². The molecule has 0 aliphatic heterocycles. The Balaban J connectivity index is 2.17. The standard InChI is InChI=1S/C14H10IN3O2S/c15-9-2-1-3-10(6-9)18-12-4-5-16-7-11(12)17-14(18)21-8-13(19)20/h1-7H,8H2,(H,19,20). The maximum absolute atomic E-state index is 10.8. The molecule has 0 unspecified atom stereocenters. The first-order valence-corrected chi connectivity index (χ1v) is 8.14. The Morgan fingerprint density at radius 1 is 1.38 bits per heavy atom. The summed E-state index contributed by atoms with van der Waals surface area (Å²) in [4.78, 5) is 19.4. The zero-order valence-corrected chi connectivity index (χ0v) is 13.7. The molecular formula is C14H10IN3O2S. The number of thioether (sulfide) groups is 1. The van der Waals surface area contributed by atoms with Gasteiger partial charge in [0.1, 0.15) is 5.52 Å². The summed E-state index contributed by atoms with van der Waals surface area (Å²) >= 11 is 3.45. The number of carboxylic acids is 1. The van der Waals surface area contributed by atoms with Crippen LogP contribution in [0.25, 0.3) is 16.7 Å².